The summed E-state index contributed by atoms with van der Waals surface area (Å²) in [7, 11) is 0. The number of amides is 3. The van der Waals surface area contributed by atoms with Crippen molar-refractivity contribution in [1.82, 2.24) is 16.0 Å². The van der Waals surface area contributed by atoms with Gasteiger partial charge < -0.3 is 21.1 Å². The first-order valence-corrected chi connectivity index (χ1v) is 6.74. The Morgan fingerprint density at radius 3 is 2.25 bits per heavy atom. The first kappa shape index (κ1) is 18.2. The van der Waals surface area contributed by atoms with Crippen LogP contribution in [0.3, 0.4) is 0 Å². The summed E-state index contributed by atoms with van der Waals surface area (Å²) in [6, 6.07) is -1.59. The second-order valence-electron chi connectivity index (χ2n) is 5.66. The van der Waals surface area contributed by atoms with Gasteiger partial charge >= 0.3 is 12.0 Å². The summed E-state index contributed by atoms with van der Waals surface area (Å²) in [6.45, 7) is 7.24. The van der Waals surface area contributed by atoms with Crippen LogP contribution in [0, 0.1) is 0 Å². The molecule has 0 aliphatic rings. The van der Waals surface area contributed by atoms with Crippen LogP contribution in [-0.2, 0) is 9.59 Å². The third-order valence-corrected chi connectivity index (χ3v) is 2.37. The number of carboxylic acids is 1. The molecule has 0 bridgehead atoms. The van der Waals surface area contributed by atoms with E-state index in [1.54, 1.807) is 0 Å². The molecule has 0 saturated carbocycles. The van der Waals surface area contributed by atoms with Gasteiger partial charge in [-0.3, -0.25) is 4.79 Å². The van der Waals surface area contributed by atoms with Gasteiger partial charge in [0.25, 0.3) is 0 Å². The number of urea groups is 1. The highest BCUT2D eigenvalue weighted by Crippen LogP contribution is 2.00. The second-order valence-corrected chi connectivity index (χ2v) is 5.66. The Bertz CT molecular complexity index is 350. The molecule has 0 aliphatic heterocycles. The van der Waals surface area contributed by atoms with E-state index in [2.05, 4.69) is 16.0 Å². The van der Waals surface area contributed by atoms with Crippen LogP contribution in [0.1, 0.15) is 47.0 Å². The van der Waals surface area contributed by atoms with Crippen molar-refractivity contribution >= 4 is 17.9 Å². The summed E-state index contributed by atoms with van der Waals surface area (Å²) >= 11 is 0. The molecule has 0 rings (SSSR count). The number of aliphatic carboxylic acids is 1. The van der Waals surface area contributed by atoms with E-state index in [0.29, 0.717) is 12.8 Å². The van der Waals surface area contributed by atoms with E-state index >= 15 is 0 Å². The maximum atomic E-state index is 11.5. The molecule has 0 fully saturated rings. The van der Waals surface area contributed by atoms with Crippen LogP contribution in [0.4, 0.5) is 4.79 Å². The van der Waals surface area contributed by atoms with Crippen LogP contribution in [0.5, 0.6) is 0 Å². The molecule has 0 spiro atoms. The maximum Gasteiger partial charge on any atom is 0.326 e. The fourth-order valence-electron chi connectivity index (χ4n) is 1.50. The molecule has 0 aromatic carbocycles. The molecule has 0 aliphatic carbocycles. The molecule has 0 heterocycles. The lowest BCUT2D eigenvalue weighted by Crippen LogP contribution is -2.50. The number of hydrogen-bond acceptors (Lipinski definition) is 3. The van der Waals surface area contributed by atoms with Crippen LogP contribution in [0.25, 0.3) is 0 Å². The van der Waals surface area contributed by atoms with E-state index in [-0.39, 0.29) is 18.0 Å². The zero-order chi connectivity index (χ0) is 15.8. The molecule has 7 nitrogen and oxygen atoms in total. The van der Waals surface area contributed by atoms with Crippen molar-refractivity contribution in [2.75, 3.05) is 6.54 Å². The normalized spacial score (nSPS) is 12.4. The molecular formula is C13H25N3O4. The smallest absolute Gasteiger partial charge is 0.326 e. The fraction of sp³-hybridized carbons (Fsp3) is 0.769. The van der Waals surface area contributed by atoms with Crippen LogP contribution >= 0.6 is 0 Å². The Kier molecular flexibility index (Phi) is 7.64. The van der Waals surface area contributed by atoms with Crippen molar-refractivity contribution < 1.29 is 19.5 Å². The van der Waals surface area contributed by atoms with Gasteiger partial charge in [-0.1, -0.05) is 19.8 Å². The average Bonchev–Trinajstić information content (AvgIpc) is 2.29. The number of rotatable bonds is 7. The lowest BCUT2D eigenvalue weighted by molar-refractivity contribution is -0.139. The topological polar surface area (TPSA) is 108 Å². The predicted octanol–water partition coefficient (Wildman–Crippen LogP) is 0.844. The minimum atomic E-state index is -1.08. The summed E-state index contributed by atoms with van der Waals surface area (Å²) in [5.74, 6) is -1.40. The van der Waals surface area contributed by atoms with Crippen molar-refractivity contribution in [3.8, 4) is 0 Å². The quantitative estimate of drug-likeness (QED) is 0.556. The SMILES string of the molecule is CCCCC(NC(=O)NCC(=O)NC(C)(C)C)C(=O)O. The van der Waals surface area contributed by atoms with Gasteiger partial charge in [-0.2, -0.15) is 0 Å². The van der Waals surface area contributed by atoms with Crippen LogP contribution < -0.4 is 16.0 Å². The summed E-state index contributed by atoms with van der Waals surface area (Å²) < 4.78 is 0. The van der Waals surface area contributed by atoms with Gasteiger partial charge in [0, 0.05) is 5.54 Å². The van der Waals surface area contributed by atoms with Crippen molar-refractivity contribution in [2.45, 2.75) is 58.5 Å². The van der Waals surface area contributed by atoms with Crippen molar-refractivity contribution in [1.29, 1.82) is 0 Å². The average molecular weight is 287 g/mol. The summed E-state index contributed by atoms with van der Waals surface area (Å²) in [5, 5.41) is 16.3. The Morgan fingerprint density at radius 2 is 1.80 bits per heavy atom. The molecule has 0 radical (unpaired) electrons. The van der Waals surface area contributed by atoms with Gasteiger partial charge in [0.1, 0.15) is 6.04 Å². The van der Waals surface area contributed by atoms with E-state index in [9.17, 15) is 14.4 Å². The maximum absolute atomic E-state index is 11.5. The Hall–Kier alpha value is -1.79. The fourth-order valence-corrected chi connectivity index (χ4v) is 1.50. The number of carbonyl (C=O) groups excluding carboxylic acids is 2. The van der Waals surface area contributed by atoms with Gasteiger partial charge in [-0.25, -0.2) is 9.59 Å². The van der Waals surface area contributed by atoms with Crippen molar-refractivity contribution in [3.05, 3.63) is 0 Å². The summed E-state index contributed by atoms with van der Waals surface area (Å²) in [4.78, 5) is 34.0. The van der Waals surface area contributed by atoms with E-state index in [4.69, 9.17) is 5.11 Å². The Balaban J connectivity index is 4.14. The standard InChI is InChI=1S/C13H25N3O4/c1-5-6-7-9(11(18)19)15-12(20)14-8-10(17)16-13(2,3)4/h9H,5-8H2,1-4H3,(H,16,17)(H,18,19)(H2,14,15,20). The van der Waals surface area contributed by atoms with Crippen LogP contribution in [0.15, 0.2) is 0 Å². The van der Waals surface area contributed by atoms with E-state index in [1.807, 2.05) is 27.7 Å². The summed E-state index contributed by atoms with van der Waals surface area (Å²) in [6.07, 6.45) is 1.93. The molecule has 4 N–H and O–H groups in total. The van der Waals surface area contributed by atoms with Gasteiger partial charge in [-0.05, 0) is 27.2 Å². The number of nitrogens with one attached hydrogen (secondary N) is 3. The zero-order valence-corrected chi connectivity index (χ0v) is 12.6. The van der Waals surface area contributed by atoms with Crippen LogP contribution in [-0.4, -0.2) is 41.1 Å². The van der Waals surface area contributed by atoms with Gasteiger partial charge in [0.05, 0.1) is 6.54 Å². The molecule has 1 atom stereocenters. The highest BCUT2D eigenvalue weighted by molar-refractivity contribution is 5.86. The molecule has 20 heavy (non-hydrogen) atoms. The van der Waals surface area contributed by atoms with Crippen LogP contribution in [0.2, 0.25) is 0 Å². The van der Waals surface area contributed by atoms with Gasteiger partial charge in [-0.15, -0.1) is 0 Å². The number of carbonyl (C=O) groups is 3. The zero-order valence-electron chi connectivity index (χ0n) is 12.6. The molecule has 7 heteroatoms. The Morgan fingerprint density at radius 1 is 1.20 bits per heavy atom. The van der Waals surface area contributed by atoms with Crippen molar-refractivity contribution in [3.63, 3.8) is 0 Å². The molecule has 1 unspecified atom stereocenters. The summed E-state index contributed by atoms with van der Waals surface area (Å²) in [5.41, 5.74) is -0.375. The molecule has 0 aromatic rings. The first-order valence-electron chi connectivity index (χ1n) is 6.74. The molecule has 0 saturated heterocycles. The van der Waals surface area contributed by atoms with Crippen molar-refractivity contribution in [2.24, 2.45) is 0 Å². The second kappa shape index (κ2) is 8.39. The molecular weight excluding hydrogens is 262 g/mol. The van der Waals surface area contributed by atoms with Gasteiger partial charge in [0.2, 0.25) is 5.91 Å². The minimum Gasteiger partial charge on any atom is -0.480 e. The molecule has 116 valence electrons. The third kappa shape index (κ3) is 9.18. The number of hydrogen-bond donors (Lipinski definition) is 4. The molecule has 0 aromatic heterocycles. The number of carboxylic acid groups (broad SMARTS) is 1. The molecule has 3 amide bonds. The lowest BCUT2D eigenvalue weighted by atomic mass is 10.1. The van der Waals surface area contributed by atoms with Gasteiger partial charge in [0.15, 0.2) is 0 Å². The number of unbranched alkanes of at least 4 members (excludes halogenated alkanes) is 1. The largest absolute Gasteiger partial charge is 0.480 e. The Labute approximate surface area is 119 Å². The lowest BCUT2D eigenvalue weighted by Gasteiger charge is -2.21. The first-order chi connectivity index (χ1) is 9.15. The third-order valence-electron chi connectivity index (χ3n) is 2.37. The van der Waals surface area contributed by atoms with E-state index in [1.165, 1.54) is 0 Å². The monoisotopic (exact) mass is 287 g/mol. The van der Waals surface area contributed by atoms with E-state index < -0.39 is 18.0 Å². The highest BCUT2D eigenvalue weighted by atomic mass is 16.4. The predicted molar refractivity (Wildman–Crippen MR) is 75.4 cm³/mol. The minimum absolute atomic E-state index is 0.191. The highest BCUT2D eigenvalue weighted by Gasteiger charge is 2.20. The van der Waals surface area contributed by atoms with E-state index in [0.717, 1.165) is 6.42 Å².